The second-order valence-corrected chi connectivity index (χ2v) is 9.45. The molecular formula is C22H21FN6OS2. The second-order valence-electron chi connectivity index (χ2n) is 7.39. The Labute approximate surface area is 193 Å². The Morgan fingerprint density at radius 1 is 1.16 bits per heavy atom. The van der Waals surface area contributed by atoms with Crippen molar-refractivity contribution in [1.29, 1.82) is 0 Å². The van der Waals surface area contributed by atoms with Gasteiger partial charge < -0.3 is 5.32 Å². The summed E-state index contributed by atoms with van der Waals surface area (Å²) in [6.07, 6.45) is 2.56. The number of amides is 1. The summed E-state index contributed by atoms with van der Waals surface area (Å²) in [5, 5.41) is 15.3. The Balaban J connectivity index is 1.31. The molecule has 2 heterocycles. The lowest BCUT2D eigenvalue weighted by molar-refractivity contribution is -0.113. The maximum atomic E-state index is 13.1. The maximum absolute atomic E-state index is 13.1. The smallest absolute Gasteiger partial charge is 0.236 e. The summed E-state index contributed by atoms with van der Waals surface area (Å²) in [7, 11) is 0. The van der Waals surface area contributed by atoms with E-state index in [0.717, 1.165) is 11.3 Å². The van der Waals surface area contributed by atoms with E-state index in [4.69, 9.17) is 0 Å². The van der Waals surface area contributed by atoms with Gasteiger partial charge in [0.15, 0.2) is 5.13 Å². The molecule has 32 heavy (non-hydrogen) atoms. The topological polar surface area (TPSA) is 85.6 Å². The zero-order valence-electron chi connectivity index (χ0n) is 17.5. The van der Waals surface area contributed by atoms with E-state index in [1.165, 1.54) is 51.0 Å². The molecule has 0 unspecified atom stereocenters. The van der Waals surface area contributed by atoms with Crippen molar-refractivity contribution >= 4 is 34.1 Å². The van der Waals surface area contributed by atoms with Crippen LogP contribution in [0.1, 0.15) is 35.8 Å². The van der Waals surface area contributed by atoms with E-state index in [-0.39, 0.29) is 17.5 Å². The lowest BCUT2D eigenvalue weighted by Crippen LogP contribution is -2.14. The van der Waals surface area contributed by atoms with Crippen molar-refractivity contribution in [2.24, 2.45) is 0 Å². The minimum Gasteiger partial charge on any atom is -0.301 e. The normalized spacial score (nSPS) is 11.1. The summed E-state index contributed by atoms with van der Waals surface area (Å²) in [5.41, 5.74) is 3.14. The van der Waals surface area contributed by atoms with Crippen molar-refractivity contribution in [1.82, 2.24) is 25.2 Å². The third kappa shape index (κ3) is 5.57. The summed E-state index contributed by atoms with van der Waals surface area (Å²) in [5.74, 6) is 0.0803. The zero-order chi connectivity index (χ0) is 22.5. The number of nitrogens with one attached hydrogen (secondary N) is 1. The number of benzene rings is 2. The van der Waals surface area contributed by atoms with Crippen LogP contribution in [0.5, 0.6) is 0 Å². The van der Waals surface area contributed by atoms with Gasteiger partial charge in [-0.1, -0.05) is 49.9 Å². The van der Waals surface area contributed by atoms with Gasteiger partial charge >= 0.3 is 0 Å². The van der Waals surface area contributed by atoms with Gasteiger partial charge in [-0.2, -0.15) is 4.68 Å². The first-order valence-corrected chi connectivity index (χ1v) is 11.8. The summed E-state index contributed by atoms with van der Waals surface area (Å²) in [6.45, 7) is 4.35. The van der Waals surface area contributed by atoms with Crippen LogP contribution in [0.3, 0.4) is 0 Å². The summed E-state index contributed by atoms with van der Waals surface area (Å²) >= 11 is 2.65. The van der Waals surface area contributed by atoms with Crippen molar-refractivity contribution in [3.05, 3.63) is 76.5 Å². The molecule has 0 aliphatic rings. The van der Waals surface area contributed by atoms with E-state index in [1.807, 2.05) is 0 Å². The average Bonchev–Trinajstić information content (AvgIpc) is 3.42. The van der Waals surface area contributed by atoms with Crippen molar-refractivity contribution < 1.29 is 9.18 Å². The number of anilines is 1. The molecule has 0 radical (unpaired) electrons. The Hall–Kier alpha value is -3.11. The first-order chi connectivity index (χ1) is 15.5. The molecule has 2 aromatic carbocycles. The van der Waals surface area contributed by atoms with E-state index in [0.29, 0.717) is 21.9 Å². The van der Waals surface area contributed by atoms with Crippen LogP contribution < -0.4 is 5.32 Å². The number of halogens is 1. The SMILES string of the molecule is CC(C)c1ccc(Cc2cnc(NC(=O)CSc3nnnn3-c3ccc(F)cc3)s2)cc1. The van der Waals surface area contributed by atoms with Crippen LogP contribution in [0.15, 0.2) is 59.9 Å². The van der Waals surface area contributed by atoms with E-state index < -0.39 is 0 Å². The third-order valence-corrected chi connectivity index (χ3v) is 6.50. The molecule has 2 aromatic heterocycles. The standard InChI is InChI=1S/C22H21FN6OS2/c1-14(2)16-5-3-15(4-6-16)11-19-12-24-21(32-19)25-20(30)13-31-22-26-27-28-29(22)18-9-7-17(23)8-10-18/h3-10,12,14H,11,13H2,1-2H3,(H,24,25,30). The highest BCUT2D eigenvalue weighted by molar-refractivity contribution is 7.99. The number of rotatable bonds is 8. The fraction of sp³-hybridized carbons (Fsp3) is 0.227. The molecule has 0 aliphatic heterocycles. The number of hydrogen-bond acceptors (Lipinski definition) is 7. The van der Waals surface area contributed by atoms with Gasteiger partial charge in [-0.15, -0.1) is 16.4 Å². The minimum atomic E-state index is -0.342. The summed E-state index contributed by atoms with van der Waals surface area (Å²) in [4.78, 5) is 17.8. The number of thiazole rings is 1. The number of carbonyl (C=O) groups is 1. The molecule has 0 bridgehead atoms. The average molecular weight is 469 g/mol. The Morgan fingerprint density at radius 3 is 2.62 bits per heavy atom. The molecular weight excluding hydrogens is 447 g/mol. The number of aromatic nitrogens is 5. The number of tetrazole rings is 1. The van der Waals surface area contributed by atoms with Gasteiger partial charge in [-0.3, -0.25) is 4.79 Å². The van der Waals surface area contributed by atoms with Crippen LogP contribution in [0.4, 0.5) is 9.52 Å². The first-order valence-electron chi connectivity index (χ1n) is 9.98. The Morgan fingerprint density at radius 2 is 1.91 bits per heavy atom. The van der Waals surface area contributed by atoms with Gasteiger partial charge in [-0.05, 0) is 51.7 Å². The van der Waals surface area contributed by atoms with Crippen molar-refractivity contribution in [3.8, 4) is 5.69 Å². The third-order valence-electron chi connectivity index (χ3n) is 4.67. The molecule has 0 spiro atoms. The second kappa shape index (κ2) is 10.0. The van der Waals surface area contributed by atoms with Gasteiger partial charge in [-0.25, -0.2) is 9.37 Å². The van der Waals surface area contributed by atoms with Gasteiger partial charge in [0.1, 0.15) is 5.82 Å². The van der Waals surface area contributed by atoms with Crippen LogP contribution >= 0.6 is 23.1 Å². The Kier molecular flexibility index (Phi) is 6.91. The molecule has 1 N–H and O–H groups in total. The molecule has 1 amide bonds. The van der Waals surface area contributed by atoms with Crippen LogP contribution in [-0.2, 0) is 11.2 Å². The first kappa shape index (κ1) is 22.1. The fourth-order valence-electron chi connectivity index (χ4n) is 2.97. The van der Waals surface area contributed by atoms with Crippen LogP contribution in [-0.4, -0.2) is 36.9 Å². The molecule has 4 aromatic rings. The highest BCUT2D eigenvalue weighted by atomic mass is 32.2. The molecule has 7 nitrogen and oxygen atoms in total. The fourth-order valence-corrected chi connectivity index (χ4v) is 4.52. The highest BCUT2D eigenvalue weighted by Gasteiger charge is 2.13. The van der Waals surface area contributed by atoms with E-state index >= 15 is 0 Å². The lowest BCUT2D eigenvalue weighted by atomic mass is 10.0. The van der Waals surface area contributed by atoms with Gasteiger partial charge in [0.25, 0.3) is 0 Å². The van der Waals surface area contributed by atoms with Crippen molar-refractivity contribution in [2.75, 3.05) is 11.1 Å². The molecule has 10 heteroatoms. The molecule has 4 rings (SSSR count). The predicted octanol–water partition coefficient (Wildman–Crippen LogP) is 4.70. The molecule has 0 saturated carbocycles. The van der Waals surface area contributed by atoms with Crippen LogP contribution in [0, 0.1) is 5.82 Å². The van der Waals surface area contributed by atoms with E-state index in [9.17, 15) is 9.18 Å². The minimum absolute atomic E-state index is 0.118. The number of hydrogen-bond donors (Lipinski definition) is 1. The maximum Gasteiger partial charge on any atom is 0.236 e. The summed E-state index contributed by atoms with van der Waals surface area (Å²) in [6, 6.07) is 14.4. The van der Waals surface area contributed by atoms with Gasteiger partial charge in [0.05, 0.1) is 11.4 Å². The van der Waals surface area contributed by atoms with Crippen LogP contribution in [0.2, 0.25) is 0 Å². The lowest BCUT2D eigenvalue weighted by Gasteiger charge is -2.06. The predicted molar refractivity (Wildman–Crippen MR) is 124 cm³/mol. The highest BCUT2D eigenvalue weighted by Crippen LogP contribution is 2.24. The van der Waals surface area contributed by atoms with Crippen molar-refractivity contribution in [2.45, 2.75) is 31.3 Å². The van der Waals surface area contributed by atoms with Gasteiger partial charge in [0, 0.05) is 17.5 Å². The van der Waals surface area contributed by atoms with E-state index in [2.05, 4.69) is 63.9 Å². The van der Waals surface area contributed by atoms with E-state index in [1.54, 1.807) is 18.3 Å². The molecule has 0 fully saturated rings. The molecule has 0 atom stereocenters. The quantitative estimate of drug-likeness (QED) is 0.377. The molecule has 164 valence electrons. The molecule has 0 aliphatic carbocycles. The molecule has 0 saturated heterocycles. The number of nitrogens with zero attached hydrogens (tertiary/aromatic N) is 5. The van der Waals surface area contributed by atoms with Crippen molar-refractivity contribution in [3.63, 3.8) is 0 Å². The largest absolute Gasteiger partial charge is 0.301 e. The number of thioether (sulfide) groups is 1. The van der Waals surface area contributed by atoms with Gasteiger partial charge in [0.2, 0.25) is 11.1 Å². The summed E-state index contributed by atoms with van der Waals surface area (Å²) < 4.78 is 14.6. The zero-order valence-corrected chi connectivity index (χ0v) is 19.2. The monoisotopic (exact) mass is 468 g/mol. The Bertz CT molecular complexity index is 1190. The van der Waals surface area contributed by atoms with Crippen LogP contribution in [0.25, 0.3) is 5.69 Å². The number of carbonyl (C=O) groups excluding carboxylic acids is 1.